The maximum atomic E-state index is 13.8. The monoisotopic (exact) mass is 700 g/mol. The van der Waals surface area contributed by atoms with Gasteiger partial charge in [0.15, 0.2) is 12.4 Å². The zero-order valence-electron chi connectivity index (χ0n) is 30.0. The third-order valence-corrected chi connectivity index (χ3v) is 7.93. The fourth-order valence-corrected chi connectivity index (χ4v) is 5.52. The Morgan fingerprint density at radius 1 is 0.686 bits per heavy atom. The first-order chi connectivity index (χ1) is 24.2. The Morgan fingerprint density at radius 3 is 1.80 bits per heavy atom. The minimum Gasteiger partial charge on any atom is -0.454 e. The van der Waals surface area contributed by atoms with Crippen LogP contribution in [0.25, 0.3) is 0 Å². The van der Waals surface area contributed by atoms with Gasteiger partial charge in [-0.1, -0.05) is 92.2 Å². The van der Waals surface area contributed by atoms with Crippen molar-refractivity contribution in [2.45, 2.75) is 79.1 Å². The number of alkyl carbamates (subject to hydrolysis) is 1. The highest BCUT2D eigenvalue weighted by Crippen LogP contribution is 2.17. The summed E-state index contributed by atoms with van der Waals surface area (Å²) >= 11 is 0. The molecule has 0 heterocycles. The van der Waals surface area contributed by atoms with Crippen molar-refractivity contribution in [3.8, 4) is 0 Å². The first kappa shape index (κ1) is 39.9. The first-order valence-electron chi connectivity index (χ1n) is 16.9. The Balaban J connectivity index is 1.77. The Morgan fingerprint density at radius 2 is 1.24 bits per heavy atom. The number of ketones is 1. The van der Waals surface area contributed by atoms with Crippen molar-refractivity contribution in [1.29, 1.82) is 0 Å². The zero-order valence-corrected chi connectivity index (χ0v) is 30.0. The normalized spacial score (nSPS) is 12.5. The molecule has 3 atom stereocenters. The second-order valence-electron chi connectivity index (χ2n) is 13.0. The highest BCUT2D eigenvalue weighted by atomic mass is 16.5. The van der Waals surface area contributed by atoms with Gasteiger partial charge in [-0.3, -0.25) is 19.2 Å². The summed E-state index contributed by atoms with van der Waals surface area (Å²) in [6, 6.07) is 18.2. The summed E-state index contributed by atoms with van der Waals surface area (Å²) in [5, 5.41) is 10.5. The number of nitrogens with one attached hydrogen (secondary N) is 4. The van der Waals surface area contributed by atoms with Gasteiger partial charge in [0.05, 0.1) is 5.56 Å². The topological polar surface area (TPSA) is 169 Å². The molecule has 3 rings (SSSR count). The second-order valence-corrected chi connectivity index (χ2v) is 13.0. The number of esters is 1. The predicted molar refractivity (Wildman–Crippen MR) is 192 cm³/mol. The van der Waals surface area contributed by atoms with Crippen molar-refractivity contribution in [2.24, 2.45) is 5.92 Å². The molecule has 3 aromatic carbocycles. The second kappa shape index (κ2) is 19.6. The first-order valence-corrected chi connectivity index (χ1v) is 16.9. The number of aryl methyl sites for hydroxylation is 3. The standard InChI is InChI=1S/C39H48N4O8/c1-24(2)17-31(43-39(49)51-22-30-15-11-8-12-16-30)36(46)41-32(20-29-13-9-7-10-14-29)37(47)42-33(21-40-28(6)44)34(45)23-50-38(48)35-26(4)18-25(3)19-27(35)5/h7-16,18-19,24,31-33H,17,20-23H2,1-6H3,(H,40,44)(H,41,46)(H,42,47)(H,43,49)/t31-,32-,33-/m0/s1. The lowest BCUT2D eigenvalue weighted by molar-refractivity contribution is -0.133. The molecule has 4 N–H and O–H groups in total. The number of Topliss-reactive ketones (excluding diaryl/α,β-unsaturated/α-hetero) is 1. The van der Waals surface area contributed by atoms with E-state index in [1.165, 1.54) is 6.92 Å². The molecule has 51 heavy (non-hydrogen) atoms. The highest BCUT2D eigenvalue weighted by molar-refractivity contribution is 5.97. The van der Waals surface area contributed by atoms with Gasteiger partial charge in [0.2, 0.25) is 17.7 Å². The van der Waals surface area contributed by atoms with Crippen LogP contribution in [0.5, 0.6) is 0 Å². The molecule has 3 aromatic rings. The molecule has 0 saturated carbocycles. The van der Waals surface area contributed by atoms with Gasteiger partial charge in [0.25, 0.3) is 0 Å². The largest absolute Gasteiger partial charge is 0.454 e. The summed E-state index contributed by atoms with van der Waals surface area (Å²) < 4.78 is 10.7. The van der Waals surface area contributed by atoms with Crippen molar-refractivity contribution < 1.29 is 38.2 Å². The van der Waals surface area contributed by atoms with Crippen molar-refractivity contribution >= 4 is 35.6 Å². The Labute approximate surface area is 299 Å². The Kier molecular flexibility index (Phi) is 15.3. The molecule has 0 saturated heterocycles. The summed E-state index contributed by atoms with van der Waals surface area (Å²) in [6.45, 7) is 9.54. The van der Waals surface area contributed by atoms with Crippen LogP contribution in [0.4, 0.5) is 4.79 Å². The lowest BCUT2D eigenvalue weighted by atomic mass is 10.00. The van der Waals surface area contributed by atoms with E-state index in [0.29, 0.717) is 16.7 Å². The number of hydrogen-bond donors (Lipinski definition) is 4. The van der Waals surface area contributed by atoms with Crippen molar-refractivity contribution in [3.05, 3.63) is 106 Å². The van der Waals surface area contributed by atoms with Crippen molar-refractivity contribution in [2.75, 3.05) is 13.2 Å². The molecule has 0 aliphatic rings. The molecule has 0 fully saturated rings. The van der Waals surface area contributed by atoms with Gasteiger partial charge in [-0.15, -0.1) is 0 Å². The van der Waals surface area contributed by atoms with E-state index in [9.17, 15) is 28.8 Å². The van der Waals surface area contributed by atoms with Gasteiger partial charge < -0.3 is 30.7 Å². The molecule has 272 valence electrons. The van der Waals surface area contributed by atoms with Crippen LogP contribution in [0.3, 0.4) is 0 Å². The summed E-state index contributed by atoms with van der Waals surface area (Å²) in [6.07, 6.45) is -0.496. The van der Waals surface area contributed by atoms with E-state index in [-0.39, 0.29) is 31.9 Å². The number of hydrogen-bond acceptors (Lipinski definition) is 8. The van der Waals surface area contributed by atoms with E-state index in [1.807, 2.05) is 57.2 Å². The molecule has 12 nitrogen and oxygen atoms in total. The van der Waals surface area contributed by atoms with E-state index in [2.05, 4.69) is 21.3 Å². The van der Waals surface area contributed by atoms with Crippen LogP contribution in [0.15, 0.2) is 72.8 Å². The van der Waals surface area contributed by atoms with Crippen LogP contribution in [-0.4, -0.2) is 66.8 Å². The minimum absolute atomic E-state index is 0.00495. The number of ether oxygens (including phenoxy) is 2. The van der Waals surface area contributed by atoms with E-state index in [1.54, 1.807) is 50.2 Å². The molecule has 0 bridgehead atoms. The molecule has 12 heteroatoms. The number of rotatable bonds is 17. The average molecular weight is 701 g/mol. The maximum absolute atomic E-state index is 13.8. The summed E-state index contributed by atoms with van der Waals surface area (Å²) in [5.41, 5.74) is 4.20. The molecular weight excluding hydrogens is 652 g/mol. The Hall–Kier alpha value is -5.52. The fourth-order valence-electron chi connectivity index (χ4n) is 5.52. The number of amides is 4. The van der Waals surface area contributed by atoms with Crippen molar-refractivity contribution in [3.63, 3.8) is 0 Å². The lowest BCUT2D eigenvalue weighted by Crippen LogP contribution is -2.58. The zero-order chi connectivity index (χ0) is 37.5. The third-order valence-electron chi connectivity index (χ3n) is 7.93. The highest BCUT2D eigenvalue weighted by Gasteiger charge is 2.31. The fraction of sp³-hybridized carbons (Fsp3) is 0.385. The molecule has 0 aliphatic carbocycles. The van der Waals surface area contributed by atoms with E-state index >= 15 is 0 Å². The van der Waals surface area contributed by atoms with Gasteiger partial charge >= 0.3 is 12.1 Å². The van der Waals surface area contributed by atoms with Crippen LogP contribution >= 0.6 is 0 Å². The molecular formula is C39H48N4O8. The van der Waals surface area contributed by atoms with Crippen LogP contribution in [0.2, 0.25) is 0 Å². The number of carbonyl (C=O) groups is 6. The molecule has 0 spiro atoms. The van der Waals surface area contributed by atoms with E-state index in [0.717, 1.165) is 16.7 Å². The van der Waals surface area contributed by atoms with Gasteiger partial charge in [0.1, 0.15) is 24.7 Å². The summed E-state index contributed by atoms with van der Waals surface area (Å²) in [4.78, 5) is 78.4. The Bertz CT molecular complexity index is 1650. The summed E-state index contributed by atoms with van der Waals surface area (Å²) in [5.74, 6) is -3.16. The van der Waals surface area contributed by atoms with Crippen molar-refractivity contribution in [1.82, 2.24) is 21.3 Å². The van der Waals surface area contributed by atoms with Crippen LogP contribution in [0, 0.1) is 26.7 Å². The SMILES string of the molecule is CC(=O)NC[C@H](NC(=O)[C@H](Cc1ccccc1)NC(=O)[C@H](CC(C)C)NC(=O)OCc1ccccc1)C(=O)COC(=O)c1c(C)cc(C)cc1C. The average Bonchev–Trinajstić information content (AvgIpc) is 3.07. The number of benzene rings is 3. The smallest absolute Gasteiger partial charge is 0.408 e. The molecule has 0 aromatic heterocycles. The third kappa shape index (κ3) is 13.4. The lowest BCUT2D eigenvalue weighted by Gasteiger charge is -2.26. The quantitative estimate of drug-likeness (QED) is 0.153. The predicted octanol–water partition coefficient (Wildman–Crippen LogP) is 4.03. The van der Waals surface area contributed by atoms with E-state index < -0.39 is 60.3 Å². The van der Waals surface area contributed by atoms with Crippen LogP contribution < -0.4 is 21.3 Å². The molecule has 0 radical (unpaired) electrons. The van der Waals surface area contributed by atoms with Gasteiger partial charge in [0, 0.05) is 19.9 Å². The maximum Gasteiger partial charge on any atom is 0.408 e. The van der Waals surface area contributed by atoms with Crippen LogP contribution in [0.1, 0.15) is 65.4 Å². The molecule has 4 amide bonds. The molecule has 0 unspecified atom stereocenters. The van der Waals surface area contributed by atoms with E-state index in [4.69, 9.17) is 9.47 Å². The van der Waals surface area contributed by atoms with Gasteiger partial charge in [-0.2, -0.15) is 0 Å². The minimum atomic E-state index is -1.29. The summed E-state index contributed by atoms with van der Waals surface area (Å²) in [7, 11) is 0. The molecule has 0 aliphatic heterocycles. The van der Waals surface area contributed by atoms with Gasteiger partial charge in [-0.05, 0) is 55.4 Å². The number of carbonyl (C=O) groups excluding carboxylic acids is 6. The van der Waals surface area contributed by atoms with Gasteiger partial charge in [-0.25, -0.2) is 9.59 Å². The van der Waals surface area contributed by atoms with Crippen LogP contribution in [-0.2, 0) is 41.7 Å².